The average molecular weight is 354 g/mol. The molecule has 2 rings (SSSR count). The second-order valence-electron chi connectivity index (χ2n) is 6.06. The van der Waals surface area contributed by atoms with Gasteiger partial charge in [-0.25, -0.2) is 17.9 Å². The van der Waals surface area contributed by atoms with Crippen LogP contribution in [0, 0.1) is 13.8 Å². The van der Waals surface area contributed by atoms with Crippen molar-refractivity contribution in [3.8, 4) is 0 Å². The van der Waals surface area contributed by atoms with Crippen molar-refractivity contribution in [1.82, 2.24) is 9.71 Å². The van der Waals surface area contributed by atoms with E-state index in [0.717, 1.165) is 12.8 Å². The number of carbonyl (C=O) groups is 1. The van der Waals surface area contributed by atoms with Gasteiger partial charge >= 0.3 is 5.97 Å². The normalized spacial score (nSPS) is 15.2. The van der Waals surface area contributed by atoms with Gasteiger partial charge in [-0.1, -0.05) is 11.6 Å². The summed E-state index contributed by atoms with van der Waals surface area (Å²) in [6.07, 6.45) is 7.40. The number of hydrogen-bond acceptors (Lipinski definition) is 4. The zero-order chi connectivity index (χ0) is 17.7. The highest BCUT2D eigenvalue weighted by atomic mass is 32.2. The summed E-state index contributed by atoms with van der Waals surface area (Å²) >= 11 is 0. The van der Waals surface area contributed by atoms with Crippen LogP contribution in [-0.2, 0) is 14.8 Å². The number of nitrogens with one attached hydrogen (secondary N) is 2. The maximum absolute atomic E-state index is 12.7. The molecule has 0 amide bonds. The van der Waals surface area contributed by atoms with Gasteiger partial charge in [0.25, 0.3) is 0 Å². The minimum atomic E-state index is -3.77. The summed E-state index contributed by atoms with van der Waals surface area (Å²) in [4.78, 5) is 15.1. The lowest BCUT2D eigenvalue weighted by molar-refractivity contribution is 0.0521. The van der Waals surface area contributed by atoms with Crippen molar-refractivity contribution in [2.24, 2.45) is 0 Å². The van der Waals surface area contributed by atoms with Crippen LogP contribution in [0.15, 0.2) is 16.5 Å². The molecule has 1 heterocycles. The molecular weight excluding hydrogens is 328 g/mol. The minimum absolute atomic E-state index is 0.00364. The molecule has 0 saturated carbocycles. The Morgan fingerprint density at radius 2 is 2.04 bits per heavy atom. The predicted molar refractivity (Wildman–Crippen MR) is 92.6 cm³/mol. The van der Waals surface area contributed by atoms with Gasteiger partial charge in [0.15, 0.2) is 0 Å². The summed E-state index contributed by atoms with van der Waals surface area (Å²) in [5, 5.41) is 0. The Labute approximate surface area is 143 Å². The number of H-pyrrole nitrogens is 1. The van der Waals surface area contributed by atoms with Crippen LogP contribution in [0.2, 0.25) is 0 Å². The average Bonchev–Trinajstić information content (AvgIpc) is 2.83. The van der Waals surface area contributed by atoms with Crippen molar-refractivity contribution in [3.63, 3.8) is 0 Å². The molecule has 0 aliphatic heterocycles. The summed E-state index contributed by atoms with van der Waals surface area (Å²) in [6, 6.07) is 0. The van der Waals surface area contributed by atoms with E-state index in [1.807, 2.05) is 0 Å². The number of carbonyl (C=O) groups excluding carboxylic acids is 1. The molecule has 0 aromatic carbocycles. The molecule has 0 radical (unpaired) electrons. The van der Waals surface area contributed by atoms with Crippen molar-refractivity contribution >= 4 is 16.0 Å². The summed E-state index contributed by atoms with van der Waals surface area (Å²) in [5.74, 6) is -0.616. The zero-order valence-electron chi connectivity index (χ0n) is 14.6. The van der Waals surface area contributed by atoms with Gasteiger partial charge in [0.1, 0.15) is 10.5 Å². The van der Waals surface area contributed by atoms with Crippen LogP contribution in [0.25, 0.3) is 0 Å². The number of allylic oxidation sites excluding steroid dienone is 1. The Hall–Kier alpha value is -1.60. The maximum Gasteiger partial charge on any atom is 0.341 e. The Bertz CT molecular complexity index is 732. The molecule has 0 spiro atoms. The van der Waals surface area contributed by atoms with E-state index >= 15 is 0 Å². The largest absolute Gasteiger partial charge is 0.462 e. The fourth-order valence-electron chi connectivity index (χ4n) is 3.09. The van der Waals surface area contributed by atoms with Crippen LogP contribution in [0.3, 0.4) is 0 Å². The number of ether oxygens (including phenoxy) is 1. The standard InChI is InChI=1S/C17H26N2O4S/c1-4-23-17(20)15-12(2)19-13(3)16(15)24(21,22)18-11-10-14-8-6-5-7-9-14/h8,18-19H,4-7,9-11H2,1-3H3. The molecule has 6 nitrogen and oxygen atoms in total. The Morgan fingerprint density at radius 1 is 1.29 bits per heavy atom. The Kier molecular flexibility index (Phi) is 6.23. The van der Waals surface area contributed by atoms with Crippen LogP contribution in [0.1, 0.15) is 60.8 Å². The zero-order valence-corrected chi connectivity index (χ0v) is 15.4. The Balaban J connectivity index is 2.16. The van der Waals surface area contributed by atoms with E-state index < -0.39 is 16.0 Å². The molecule has 0 saturated heterocycles. The molecule has 0 unspecified atom stereocenters. The number of rotatable bonds is 7. The summed E-state index contributed by atoms with van der Waals surface area (Å²) < 4.78 is 33.0. The molecule has 0 bridgehead atoms. The third-order valence-electron chi connectivity index (χ3n) is 4.19. The molecule has 134 valence electrons. The fourth-order valence-corrected chi connectivity index (χ4v) is 4.57. The lowest BCUT2D eigenvalue weighted by atomic mass is 9.97. The van der Waals surface area contributed by atoms with E-state index in [4.69, 9.17) is 4.74 Å². The Morgan fingerprint density at radius 3 is 2.67 bits per heavy atom. The summed E-state index contributed by atoms with van der Waals surface area (Å²) in [7, 11) is -3.77. The maximum atomic E-state index is 12.7. The van der Waals surface area contributed by atoms with Crippen molar-refractivity contribution in [1.29, 1.82) is 0 Å². The van der Waals surface area contributed by atoms with Crippen LogP contribution < -0.4 is 4.72 Å². The van der Waals surface area contributed by atoms with Crippen LogP contribution in [-0.4, -0.2) is 32.5 Å². The van der Waals surface area contributed by atoms with E-state index in [2.05, 4.69) is 15.8 Å². The van der Waals surface area contributed by atoms with E-state index in [1.165, 1.54) is 18.4 Å². The highest BCUT2D eigenvalue weighted by Gasteiger charge is 2.29. The van der Waals surface area contributed by atoms with E-state index in [0.29, 0.717) is 24.4 Å². The second kappa shape index (κ2) is 7.98. The second-order valence-corrected chi connectivity index (χ2v) is 7.76. The summed E-state index contributed by atoms with van der Waals surface area (Å²) in [5.41, 5.74) is 2.34. The van der Waals surface area contributed by atoms with Crippen LogP contribution >= 0.6 is 0 Å². The molecule has 2 N–H and O–H groups in total. The van der Waals surface area contributed by atoms with Gasteiger partial charge < -0.3 is 9.72 Å². The third-order valence-corrected chi connectivity index (χ3v) is 5.82. The minimum Gasteiger partial charge on any atom is -0.462 e. The molecule has 0 fully saturated rings. The van der Waals surface area contributed by atoms with Crippen molar-refractivity contribution in [3.05, 3.63) is 28.6 Å². The molecular formula is C17H26N2O4S. The van der Waals surface area contributed by atoms with Crippen molar-refractivity contribution < 1.29 is 17.9 Å². The van der Waals surface area contributed by atoms with Crippen LogP contribution in [0.4, 0.5) is 0 Å². The van der Waals surface area contributed by atoms with Crippen molar-refractivity contribution in [2.75, 3.05) is 13.2 Å². The predicted octanol–water partition coefficient (Wildman–Crippen LogP) is 2.98. The number of esters is 1. The molecule has 1 aliphatic rings. The van der Waals surface area contributed by atoms with Gasteiger partial charge in [0.2, 0.25) is 10.0 Å². The summed E-state index contributed by atoms with van der Waals surface area (Å²) in [6.45, 7) is 5.54. The number of sulfonamides is 1. The van der Waals surface area contributed by atoms with Gasteiger partial charge in [0, 0.05) is 17.9 Å². The van der Waals surface area contributed by atoms with E-state index in [9.17, 15) is 13.2 Å². The first kappa shape index (κ1) is 18.7. The van der Waals surface area contributed by atoms with Gasteiger partial charge in [-0.2, -0.15) is 0 Å². The van der Waals surface area contributed by atoms with Gasteiger partial charge in [-0.15, -0.1) is 0 Å². The van der Waals surface area contributed by atoms with Gasteiger partial charge in [0.05, 0.1) is 6.61 Å². The first-order valence-electron chi connectivity index (χ1n) is 8.40. The number of aromatic amines is 1. The van der Waals surface area contributed by atoms with Crippen LogP contribution in [0.5, 0.6) is 0 Å². The highest BCUT2D eigenvalue weighted by molar-refractivity contribution is 7.89. The van der Waals surface area contributed by atoms with E-state index in [-0.39, 0.29) is 17.1 Å². The molecule has 24 heavy (non-hydrogen) atoms. The first-order valence-corrected chi connectivity index (χ1v) is 9.89. The molecule has 1 aromatic heterocycles. The van der Waals surface area contributed by atoms with Gasteiger partial charge in [-0.05, 0) is 52.9 Å². The molecule has 0 atom stereocenters. The molecule has 1 aliphatic carbocycles. The van der Waals surface area contributed by atoms with Crippen molar-refractivity contribution in [2.45, 2.75) is 57.8 Å². The fraction of sp³-hybridized carbons (Fsp3) is 0.588. The number of aryl methyl sites for hydroxylation is 2. The molecule has 1 aromatic rings. The topological polar surface area (TPSA) is 88.3 Å². The number of hydrogen-bond donors (Lipinski definition) is 2. The first-order chi connectivity index (χ1) is 11.4. The van der Waals surface area contributed by atoms with E-state index in [1.54, 1.807) is 20.8 Å². The van der Waals surface area contributed by atoms with Gasteiger partial charge in [-0.3, -0.25) is 0 Å². The monoisotopic (exact) mass is 354 g/mol. The smallest absolute Gasteiger partial charge is 0.341 e. The quantitative estimate of drug-likeness (QED) is 0.582. The number of aromatic nitrogens is 1. The SMILES string of the molecule is CCOC(=O)c1c(C)[nH]c(C)c1S(=O)(=O)NCCC1=CCCCC1. The lowest BCUT2D eigenvalue weighted by Gasteiger charge is -2.13. The third kappa shape index (κ3) is 4.27. The lowest BCUT2D eigenvalue weighted by Crippen LogP contribution is -2.27. The molecule has 7 heteroatoms. The highest BCUT2D eigenvalue weighted by Crippen LogP contribution is 2.25.